The number of hydrogen-bond donors (Lipinski definition) is 1. The number of carbonyl (C=O) groups excluding carboxylic acids is 2. The molecule has 0 atom stereocenters. The van der Waals surface area contributed by atoms with Gasteiger partial charge in [0.1, 0.15) is 18.9 Å². The van der Waals surface area contributed by atoms with Gasteiger partial charge in [0, 0.05) is 11.6 Å². The molecular weight excluding hydrogens is 408 g/mol. The lowest BCUT2D eigenvalue weighted by Gasteiger charge is -2.02. The molecule has 0 unspecified atom stereocenters. The molecule has 0 radical (unpaired) electrons. The fourth-order valence-corrected chi connectivity index (χ4v) is 2.58. The highest BCUT2D eigenvalue weighted by atomic mass is 79.9. The van der Waals surface area contributed by atoms with Crippen molar-refractivity contribution in [1.29, 1.82) is 0 Å². The monoisotopic (exact) mass is 426 g/mol. The van der Waals surface area contributed by atoms with E-state index in [0.717, 1.165) is 11.1 Å². The number of ketones is 1. The molecule has 1 heterocycles. The number of carbonyl (C=O) groups is 2. The number of H-pyrrole nitrogens is 1. The average Bonchev–Trinajstić information content (AvgIpc) is 3.15. The molecule has 27 heavy (non-hydrogen) atoms. The third-order valence-corrected chi connectivity index (χ3v) is 3.96. The Labute approximate surface area is 168 Å². The minimum atomic E-state index is -0.388. The van der Waals surface area contributed by atoms with Crippen LogP contribution in [-0.4, -0.2) is 23.8 Å². The molecule has 0 fully saturated rings. The molecule has 0 aliphatic rings. The number of hydrogen-bond acceptors (Lipinski definition) is 3. The van der Waals surface area contributed by atoms with Crippen molar-refractivity contribution in [2.75, 3.05) is 7.11 Å². The maximum Gasteiger partial charge on any atom is 0.330 e. The summed E-state index contributed by atoms with van der Waals surface area (Å²) in [6, 6.07) is 17.0. The van der Waals surface area contributed by atoms with Gasteiger partial charge in [-0.1, -0.05) is 54.6 Å². The Morgan fingerprint density at radius 2 is 1.78 bits per heavy atom. The van der Waals surface area contributed by atoms with E-state index in [1.165, 1.54) is 13.2 Å². The Morgan fingerprint density at radius 1 is 1.07 bits per heavy atom. The van der Waals surface area contributed by atoms with Gasteiger partial charge in [-0.15, -0.1) is 0 Å². The minimum Gasteiger partial charge on any atom is -1.00 e. The smallest absolute Gasteiger partial charge is 0.330 e. The third kappa shape index (κ3) is 5.24. The quantitative estimate of drug-likeness (QED) is 0.256. The fraction of sp³-hybridized carbons (Fsp3) is 0.0952. The molecule has 0 aliphatic carbocycles. The van der Waals surface area contributed by atoms with Crippen molar-refractivity contribution in [3.63, 3.8) is 0 Å². The molecule has 0 saturated heterocycles. The van der Waals surface area contributed by atoms with E-state index in [4.69, 9.17) is 0 Å². The first-order valence-electron chi connectivity index (χ1n) is 8.19. The van der Waals surface area contributed by atoms with E-state index in [2.05, 4.69) is 9.72 Å². The molecular formula is C21H19BrN2O3. The molecule has 2 aromatic carbocycles. The van der Waals surface area contributed by atoms with Crippen LogP contribution in [0.3, 0.4) is 0 Å². The Hall–Kier alpha value is -2.99. The van der Waals surface area contributed by atoms with E-state index in [1.807, 2.05) is 53.2 Å². The molecule has 3 rings (SSSR count). The number of nitrogens with one attached hydrogen (secondary N) is 1. The van der Waals surface area contributed by atoms with Crippen LogP contribution in [0.15, 0.2) is 73.1 Å². The summed E-state index contributed by atoms with van der Waals surface area (Å²) in [5.74, 6) is 0.0973. The molecule has 5 nitrogen and oxygen atoms in total. The number of rotatable bonds is 6. The van der Waals surface area contributed by atoms with Crippen LogP contribution < -0.4 is 21.5 Å². The second kappa shape index (κ2) is 9.64. The van der Waals surface area contributed by atoms with Gasteiger partial charge in [-0.3, -0.25) is 4.79 Å². The summed E-state index contributed by atoms with van der Waals surface area (Å²) in [6.45, 7) is 0.568. The first kappa shape index (κ1) is 20.3. The molecule has 1 aromatic heterocycles. The van der Waals surface area contributed by atoms with E-state index in [1.54, 1.807) is 24.4 Å². The van der Waals surface area contributed by atoms with Crippen LogP contribution in [0.1, 0.15) is 27.3 Å². The van der Waals surface area contributed by atoms with Gasteiger partial charge in [-0.25, -0.2) is 14.3 Å². The van der Waals surface area contributed by atoms with Crippen molar-refractivity contribution >= 4 is 17.8 Å². The third-order valence-electron chi connectivity index (χ3n) is 3.96. The maximum absolute atomic E-state index is 12.6. The number of ether oxygens (including phenoxy) is 1. The average molecular weight is 427 g/mol. The van der Waals surface area contributed by atoms with Crippen LogP contribution in [0.25, 0.3) is 6.08 Å². The van der Waals surface area contributed by atoms with E-state index in [9.17, 15) is 9.59 Å². The summed E-state index contributed by atoms with van der Waals surface area (Å²) in [4.78, 5) is 26.8. The topological polar surface area (TPSA) is 63.0 Å². The molecule has 0 saturated carbocycles. The van der Waals surface area contributed by atoms with Gasteiger partial charge in [0.25, 0.3) is 5.78 Å². The zero-order valence-corrected chi connectivity index (χ0v) is 16.3. The number of halogens is 1. The van der Waals surface area contributed by atoms with Crippen LogP contribution in [-0.2, 0) is 16.1 Å². The number of methoxy groups -OCH3 is 1. The van der Waals surface area contributed by atoms with Crippen molar-refractivity contribution in [2.45, 2.75) is 6.54 Å². The molecule has 1 N–H and O–H groups in total. The highest BCUT2D eigenvalue weighted by Gasteiger charge is 2.21. The van der Waals surface area contributed by atoms with E-state index < -0.39 is 0 Å². The lowest BCUT2D eigenvalue weighted by molar-refractivity contribution is -0.688. The summed E-state index contributed by atoms with van der Waals surface area (Å²) < 4.78 is 6.46. The van der Waals surface area contributed by atoms with Gasteiger partial charge in [0.15, 0.2) is 0 Å². The summed E-state index contributed by atoms with van der Waals surface area (Å²) in [6.07, 6.45) is 6.68. The summed E-state index contributed by atoms with van der Waals surface area (Å²) >= 11 is 0. The number of aromatic nitrogens is 2. The number of esters is 1. The van der Waals surface area contributed by atoms with Crippen LogP contribution in [0.4, 0.5) is 0 Å². The molecule has 0 aliphatic heterocycles. The lowest BCUT2D eigenvalue weighted by atomic mass is 10.1. The number of benzene rings is 2. The number of nitrogens with zero attached hydrogens (tertiary/aromatic N) is 1. The highest BCUT2D eigenvalue weighted by molar-refractivity contribution is 6.05. The maximum atomic E-state index is 12.6. The first-order valence-corrected chi connectivity index (χ1v) is 8.19. The Morgan fingerprint density at radius 3 is 2.44 bits per heavy atom. The second-order valence-electron chi connectivity index (χ2n) is 5.73. The summed E-state index contributed by atoms with van der Waals surface area (Å²) in [5.41, 5.74) is 2.60. The van der Waals surface area contributed by atoms with Gasteiger partial charge >= 0.3 is 11.8 Å². The van der Waals surface area contributed by atoms with Gasteiger partial charge in [-0.2, -0.15) is 0 Å². The van der Waals surface area contributed by atoms with Crippen LogP contribution in [0.5, 0.6) is 0 Å². The zero-order valence-electron chi connectivity index (χ0n) is 14.8. The van der Waals surface area contributed by atoms with Crippen LogP contribution in [0, 0.1) is 0 Å². The van der Waals surface area contributed by atoms with Crippen molar-refractivity contribution in [3.8, 4) is 0 Å². The summed E-state index contributed by atoms with van der Waals surface area (Å²) in [7, 11) is 1.35. The Balaban J connectivity index is 0.00000261. The van der Waals surface area contributed by atoms with Gasteiger partial charge in [0.2, 0.25) is 0 Å². The second-order valence-corrected chi connectivity index (χ2v) is 5.73. The number of aromatic amines is 1. The minimum absolute atomic E-state index is 0. The van der Waals surface area contributed by atoms with Crippen molar-refractivity contribution in [3.05, 3.63) is 95.6 Å². The van der Waals surface area contributed by atoms with Gasteiger partial charge < -0.3 is 21.7 Å². The van der Waals surface area contributed by atoms with E-state index in [0.29, 0.717) is 17.9 Å². The molecule has 0 bridgehead atoms. The van der Waals surface area contributed by atoms with Crippen LogP contribution >= 0.6 is 0 Å². The Bertz CT molecular complexity index is 932. The fourth-order valence-electron chi connectivity index (χ4n) is 2.58. The predicted octanol–water partition coefficient (Wildman–Crippen LogP) is -0.228. The largest absolute Gasteiger partial charge is 1.00 e. The molecule has 138 valence electrons. The number of imidazole rings is 1. The molecule has 0 amide bonds. The normalized spacial score (nSPS) is 10.4. The molecule has 6 heteroatoms. The first-order chi connectivity index (χ1) is 12.7. The lowest BCUT2D eigenvalue weighted by Crippen LogP contribution is -3.00. The summed E-state index contributed by atoms with van der Waals surface area (Å²) in [5, 5.41) is 0. The standard InChI is InChI=1S/C21H18N2O3.BrH/c1-26-19(24)12-11-16-7-9-17(10-8-16)15-23-14-13-22-21(23)20(25)18-5-3-2-4-6-18;/h2-14H,15H2,1H3;1H. The Kier molecular flexibility index (Phi) is 7.25. The van der Waals surface area contributed by atoms with Crippen LogP contribution in [0.2, 0.25) is 0 Å². The van der Waals surface area contributed by atoms with Crippen molar-refractivity contribution in [2.24, 2.45) is 0 Å². The molecule has 0 spiro atoms. The van der Waals surface area contributed by atoms with Gasteiger partial charge in [-0.05, 0) is 17.2 Å². The van der Waals surface area contributed by atoms with Gasteiger partial charge in [0.05, 0.1) is 7.11 Å². The zero-order chi connectivity index (χ0) is 18.4. The van der Waals surface area contributed by atoms with E-state index >= 15 is 0 Å². The predicted molar refractivity (Wildman–Crippen MR) is 97.5 cm³/mol. The van der Waals surface area contributed by atoms with E-state index in [-0.39, 0.29) is 28.7 Å². The SMILES string of the molecule is COC(=O)C=Cc1ccc(C[n+]2cc[nH]c2C(=O)c2ccccc2)cc1.[Br-]. The molecule has 3 aromatic rings. The van der Waals surface area contributed by atoms with Crippen molar-refractivity contribution < 1.29 is 35.9 Å². The highest BCUT2D eigenvalue weighted by Crippen LogP contribution is 2.08. The van der Waals surface area contributed by atoms with Crippen molar-refractivity contribution in [1.82, 2.24) is 4.98 Å².